The fourth-order valence-corrected chi connectivity index (χ4v) is 5.11. The van der Waals surface area contributed by atoms with Crippen molar-refractivity contribution in [1.82, 2.24) is 0 Å². The third-order valence-corrected chi connectivity index (χ3v) is 6.84. The molecule has 24 heavy (non-hydrogen) atoms. The molecule has 0 aliphatic heterocycles. The summed E-state index contributed by atoms with van der Waals surface area (Å²) in [6.45, 7) is 5.56. The highest BCUT2D eigenvalue weighted by Gasteiger charge is 2.30. The van der Waals surface area contributed by atoms with Crippen LogP contribution in [0.25, 0.3) is 0 Å². The van der Waals surface area contributed by atoms with Gasteiger partial charge in [0.05, 0.1) is 6.10 Å². The molecule has 2 aliphatic rings. The lowest BCUT2D eigenvalue weighted by molar-refractivity contribution is 0.00576. The van der Waals surface area contributed by atoms with Gasteiger partial charge >= 0.3 is 0 Å². The van der Waals surface area contributed by atoms with Gasteiger partial charge in [-0.2, -0.15) is 0 Å². The Kier molecular flexibility index (Phi) is 10.4. The van der Waals surface area contributed by atoms with E-state index < -0.39 is 0 Å². The molecule has 2 rings (SSSR count). The Morgan fingerprint density at radius 1 is 0.625 bits per heavy atom. The van der Waals surface area contributed by atoms with Crippen LogP contribution in [0, 0.1) is 17.8 Å². The van der Waals surface area contributed by atoms with E-state index in [-0.39, 0.29) is 0 Å². The maximum absolute atomic E-state index is 6.05. The van der Waals surface area contributed by atoms with Gasteiger partial charge in [-0.15, -0.1) is 0 Å². The molecule has 2 saturated carbocycles. The number of hydrogen-bond donors (Lipinski definition) is 0. The van der Waals surface area contributed by atoms with Crippen molar-refractivity contribution in [2.75, 3.05) is 6.61 Å². The summed E-state index contributed by atoms with van der Waals surface area (Å²) in [5, 5.41) is 0. The number of rotatable bonds is 11. The molecule has 142 valence electrons. The van der Waals surface area contributed by atoms with Crippen molar-refractivity contribution in [3.05, 3.63) is 0 Å². The van der Waals surface area contributed by atoms with Crippen molar-refractivity contribution >= 4 is 0 Å². The van der Waals surface area contributed by atoms with Gasteiger partial charge in [0.1, 0.15) is 0 Å². The van der Waals surface area contributed by atoms with Gasteiger partial charge in [-0.05, 0) is 62.7 Å². The minimum atomic E-state index is 0.590. The van der Waals surface area contributed by atoms with Crippen molar-refractivity contribution in [2.24, 2.45) is 17.8 Å². The first-order valence-corrected chi connectivity index (χ1v) is 11.4. The fraction of sp³-hybridized carbons (Fsp3) is 1.00. The van der Waals surface area contributed by atoms with Gasteiger partial charge in [0, 0.05) is 6.61 Å². The summed E-state index contributed by atoms with van der Waals surface area (Å²) in [7, 11) is 0. The molecule has 2 fully saturated rings. The molecule has 0 aromatic rings. The number of hydrogen-bond acceptors (Lipinski definition) is 1. The van der Waals surface area contributed by atoms with Gasteiger partial charge in [-0.1, -0.05) is 71.6 Å². The number of ether oxygens (including phenoxy) is 1. The van der Waals surface area contributed by atoms with Crippen LogP contribution in [0.1, 0.15) is 117 Å². The van der Waals surface area contributed by atoms with E-state index >= 15 is 0 Å². The molecular formula is C23H44O. The van der Waals surface area contributed by atoms with Gasteiger partial charge in [-0.25, -0.2) is 0 Å². The normalized spacial score (nSPS) is 31.2. The lowest BCUT2D eigenvalue weighted by Crippen LogP contribution is -2.28. The molecule has 1 nitrogen and oxygen atoms in total. The molecule has 0 N–H and O–H groups in total. The summed E-state index contributed by atoms with van der Waals surface area (Å²) < 4.78 is 6.05. The Balaban J connectivity index is 1.53. The predicted octanol–water partition coefficient (Wildman–Crippen LogP) is 7.53. The highest BCUT2D eigenvalue weighted by Crippen LogP contribution is 2.41. The van der Waals surface area contributed by atoms with Gasteiger partial charge in [0.2, 0.25) is 0 Å². The molecule has 0 aromatic heterocycles. The zero-order valence-corrected chi connectivity index (χ0v) is 16.7. The third kappa shape index (κ3) is 7.46. The summed E-state index contributed by atoms with van der Waals surface area (Å²) >= 11 is 0. The molecule has 0 aromatic carbocycles. The van der Waals surface area contributed by atoms with Crippen molar-refractivity contribution in [1.29, 1.82) is 0 Å². The Labute approximate surface area is 152 Å². The zero-order valence-electron chi connectivity index (χ0n) is 16.7. The maximum Gasteiger partial charge on any atom is 0.0575 e. The molecule has 0 unspecified atom stereocenters. The van der Waals surface area contributed by atoms with Gasteiger partial charge in [0.15, 0.2) is 0 Å². The van der Waals surface area contributed by atoms with Crippen LogP contribution in [0.3, 0.4) is 0 Å². The smallest absolute Gasteiger partial charge is 0.0575 e. The summed E-state index contributed by atoms with van der Waals surface area (Å²) in [5.41, 5.74) is 0. The second kappa shape index (κ2) is 12.3. The second-order valence-electron chi connectivity index (χ2n) is 8.74. The summed E-state index contributed by atoms with van der Waals surface area (Å²) in [4.78, 5) is 0. The highest BCUT2D eigenvalue weighted by molar-refractivity contribution is 4.82. The van der Waals surface area contributed by atoms with E-state index in [1.54, 1.807) is 0 Å². The lowest BCUT2D eigenvalue weighted by Gasteiger charge is -2.38. The van der Waals surface area contributed by atoms with Crippen LogP contribution in [0.4, 0.5) is 0 Å². The first kappa shape index (κ1) is 20.3. The first-order chi connectivity index (χ1) is 11.8. The largest absolute Gasteiger partial charge is 0.378 e. The molecule has 0 atom stereocenters. The van der Waals surface area contributed by atoms with E-state index in [0.717, 1.165) is 24.4 Å². The third-order valence-electron chi connectivity index (χ3n) is 6.84. The topological polar surface area (TPSA) is 9.23 Å². The van der Waals surface area contributed by atoms with E-state index in [0.29, 0.717) is 6.10 Å². The van der Waals surface area contributed by atoms with Crippen LogP contribution in [0.15, 0.2) is 0 Å². The van der Waals surface area contributed by atoms with E-state index in [1.165, 1.54) is 103 Å². The van der Waals surface area contributed by atoms with Crippen molar-refractivity contribution in [3.63, 3.8) is 0 Å². The van der Waals surface area contributed by atoms with Crippen molar-refractivity contribution in [2.45, 2.75) is 123 Å². The van der Waals surface area contributed by atoms with Crippen molar-refractivity contribution < 1.29 is 4.74 Å². The fourth-order valence-electron chi connectivity index (χ4n) is 5.11. The molecule has 1 heteroatoms. The average molecular weight is 337 g/mol. The molecule has 0 bridgehead atoms. The average Bonchev–Trinajstić information content (AvgIpc) is 2.63. The minimum absolute atomic E-state index is 0.590. The second-order valence-corrected chi connectivity index (χ2v) is 8.74. The number of unbranched alkanes of at least 4 members (excludes halogenated alkanes) is 5. The monoisotopic (exact) mass is 336 g/mol. The Morgan fingerprint density at radius 3 is 1.83 bits per heavy atom. The minimum Gasteiger partial charge on any atom is -0.378 e. The summed E-state index contributed by atoms with van der Waals surface area (Å²) in [5.74, 6) is 3.15. The highest BCUT2D eigenvalue weighted by atomic mass is 16.5. The van der Waals surface area contributed by atoms with Crippen molar-refractivity contribution in [3.8, 4) is 0 Å². The lowest BCUT2D eigenvalue weighted by atomic mass is 9.70. The van der Waals surface area contributed by atoms with Crippen LogP contribution in [0.2, 0.25) is 0 Å². The first-order valence-electron chi connectivity index (χ1n) is 11.4. The molecule has 0 heterocycles. The van der Waals surface area contributed by atoms with E-state index in [2.05, 4.69) is 13.8 Å². The van der Waals surface area contributed by atoms with Crippen LogP contribution in [-0.4, -0.2) is 12.7 Å². The van der Waals surface area contributed by atoms with Crippen LogP contribution >= 0.6 is 0 Å². The Hall–Kier alpha value is -0.0400. The van der Waals surface area contributed by atoms with Gasteiger partial charge in [0.25, 0.3) is 0 Å². The standard InChI is InChI=1S/C23H44O/c1-3-5-7-8-9-10-20-11-13-21(14-12-20)22-15-17-23(18-16-22)24-19-6-4-2/h20-23H,3-19H2,1-2H3. The molecule has 0 radical (unpaired) electrons. The van der Waals surface area contributed by atoms with Crippen LogP contribution in [-0.2, 0) is 4.74 Å². The molecule has 0 amide bonds. The van der Waals surface area contributed by atoms with Gasteiger partial charge in [-0.3, -0.25) is 0 Å². The Morgan fingerprint density at radius 2 is 1.21 bits per heavy atom. The summed E-state index contributed by atoms with van der Waals surface area (Å²) in [6, 6.07) is 0. The van der Waals surface area contributed by atoms with E-state index in [1.807, 2.05) is 0 Å². The molecule has 0 saturated heterocycles. The van der Waals surface area contributed by atoms with E-state index in [4.69, 9.17) is 4.74 Å². The molecular weight excluding hydrogens is 292 g/mol. The molecule has 0 spiro atoms. The predicted molar refractivity (Wildman–Crippen MR) is 105 cm³/mol. The maximum atomic E-state index is 6.05. The Bertz CT molecular complexity index is 284. The van der Waals surface area contributed by atoms with Crippen LogP contribution in [0.5, 0.6) is 0 Å². The SMILES string of the molecule is CCCCCCCC1CCC(C2CCC(OCCCC)CC2)CC1. The summed E-state index contributed by atoms with van der Waals surface area (Å²) in [6.07, 6.45) is 23.6. The molecule has 2 aliphatic carbocycles. The quantitative estimate of drug-likeness (QED) is 0.354. The van der Waals surface area contributed by atoms with Gasteiger partial charge < -0.3 is 4.74 Å². The zero-order chi connectivity index (χ0) is 17.0. The van der Waals surface area contributed by atoms with E-state index in [9.17, 15) is 0 Å². The van der Waals surface area contributed by atoms with Crippen LogP contribution < -0.4 is 0 Å².